The highest BCUT2D eigenvalue weighted by atomic mass is 16.3. The maximum atomic E-state index is 5.22. The maximum Gasteiger partial charge on any atom is 0.182 e. The van der Waals surface area contributed by atoms with Crippen molar-refractivity contribution in [1.29, 1.82) is 0 Å². The first-order chi connectivity index (χ1) is 5.95. The van der Waals surface area contributed by atoms with Crippen molar-refractivity contribution in [3.8, 4) is 0 Å². The van der Waals surface area contributed by atoms with Gasteiger partial charge in [-0.25, -0.2) is 9.50 Å². The molecule has 58 valence electrons. The van der Waals surface area contributed by atoms with Gasteiger partial charge in [0.05, 0.1) is 6.20 Å². The van der Waals surface area contributed by atoms with Crippen molar-refractivity contribution in [1.82, 2.24) is 14.6 Å². The second-order valence-corrected chi connectivity index (χ2v) is 2.54. The molecule has 0 saturated heterocycles. The van der Waals surface area contributed by atoms with Crippen LogP contribution in [0.4, 0.5) is 0 Å². The highest BCUT2D eigenvalue weighted by Crippen LogP contribution is 2.17. The Morgan fingerprint density at radius 1 is 1.33 bits per heavy atom. The van der Waals surface area contributed by atoms with Crippen LogP contribution in [0.3, 0.4) is 0 Å². The highest BCUT2D eigenvalue weighted by molar-refractivity contribution is 5.87. The molecule has 4 heteroatoms. The first-order valence-electron chi connectivity index (χ1n) is 3.61. The average molecular weight is 159 g/mol. The van der Waals surface area contributed by atoms with Gasteiger partial charge in [-0.3, -0.25) is 0 Å². The normalized spacial score (nSPS) is 11.3. The minimum Gasteiger partial charge on any atom is -0.441 e. The molecule has 3 rings (SSSR count). The maximum absolute atomic E-state index is 5.22. The fraction of sp³-hybridized carbons (Fsp3) is 0. The Labute approximate surface area is 67.4 Å². The Kier molecular flexibility index (Phi) is 0.889. The Balaban J connectivity index is 2.71. The summed E-state index contributed by atoms with van der Waals surface area (Å²) in [6.07, 6.45) is 5.04. The summed E-state index contributed by atoms with van der Waals surface area (Å²) in [7, 11) is 0. The second kappa shape index (κ2) is 1.85. The summed E-state index contributed by atoms with van der Waals surface area (Å²) in [6, 6.07) is 3.77. The van der Waals surface area contributed by atoms with E-state index in [0.29, 0.717) is 0 Å². The average Bonchev–Trinajstić information content (AvgIpc) is 2.71. The first-order valence-corrected chi connectivity index (χ1v) is 3.61. The molecule has 3 aromatic rings. The van der Waals surface area contributed by atoms with Gasteiger partial charge in [-0.2, -0.15) is 5.10 Å². The molecule has 0 fully saturated rings. The van der Waals surface area contributed by atoms with Gasteiger partial charge in [0.2, 0.25) is 0 Å². The number of hydrogen-bond donors (Lipinski definition) is 0. The Morgan fingerprint density at radius 3 is 3.33 bits per heavy atom. The van der Waals surface area contributed by atoms with Crippen LogP contribution in [0.1, 0.15) is 0 Å². The number of nitrogens with zero attached hydrogens (tertiary/aromatic N) is 3. The molecule has 0 aromatic carbocycles. The minimum atomic E-state index is 0.787. The lowest BCUT2D eigenvalue weighted by molar-refractivity contribution is 0.603. The van der Waals surface area contributed by atoms with E-state index in [1.54, 1.807) is 10.7 Å². The van der Waals surface area contributed by atoms with E-state index in [1.165, 1.54) is 6.39 Å². The minimum absolute atomic E-state index is 0.787. The van der Waals surface area contributed by atoms with E-state index in [2.05, 4.69) is 10.1 Å². The number of pyridine rings is 1. The molecular formula is C8H5N3O. The summed E-state index contributed by atoms with van der Waals surface area (Å²) < 4.78 is 6.98. The van der Waals surface area contributed by atoms with E-state index in [9.17, 15) is 0 Å². The lowest BCUT2D eigenvalue weighted by Gasteiger charge is -1.90. The fourth-order valence-electron chi connectivity index (χ4n) is 1.32. The van der Waals surface area contributed by atoms with Gasteiger partial charge >= 0.3 is 0 Å². The quantitative estimate of drug-likeness (QED) is 0.499. The molecule has 0 amide bonds. The van der Waals surface area contributed by atoms with Crippen molar-refractivity contribution in [2.24, 2.45) is 0 Å². The van der Waals surface area contributed by atoms with E-state index >= 15 is 0 Å². The van der Waals surface area contributed by atoms with E-state index in [-0.39, 0.29) is 0 Å². The topological polar surface area (TPSA) is 43.3 Å². The lowest BCUT2D eigenvalue weighted by Crippen LogP contribution is -1.84. The second-order valence-electron chi connectivity index (χ2n) is 2.54. The number of fused-ring (bicyclic) bond motifs is 3. The van der Waals surface area contributed by atoms with Crippen LogP contribution >= 0.6 is 0 Å². The van der Waals surface area contributed by atoms with Gasteiger partial charge < -0.3 is 4.42 Å². The van der Waals surface area contributed by atoms with Crippen molar-refractivity contribution >= 4 is 16.6 Å². The molecule has 0 N–H and O–H groups in total. The van der Waals surface area contributed by atoms with Crippen LogP contribution in [-0.2, 0) is 0 Å². The van der Waals surface area contributed by atoms with Crippen LogP contribution in [0, 0.1) is 0 Å². The summed E-state index contributed by atoms with van der Waals surface area (Å²) in [5.41, 5.74) is 2.60. The molecule has 0 spiro atoms. The zero-order valence-electron chi connectivity index (χ0n) is 6.14. The van der Waals surface area contributed by atoms with Crippen molar-refractivity contribution in [3.05, 3.63) is 30.9 Å². The van der Waals surface area contributed by atoms with Crippen LogP contribution in [0.2, 0.25) is 0 Å². The molecule has 0 saturated carbocycles. The van der Waals surface area contributed by atoms with Gasteiger partial charge in [0, 0.05) is 6.20 Å². The molecule has 0 radical (unpaired) electrons. The zero-order valence-corrected chi connectivity index (χ0v) is 6.14. The molecular weight excluding hydrogens is 154 g/mol. The third-order valence-electron chi connectivity index (χ3n) is 1.87. The molecule has 4 nitrogen and oxygen atoms in total. The molecule has 0 atom stereocenters. The fourth-order valence-corrected chi connectivity index (χ4v) is 1.32. The predicted molar refractivity (Wildman–Crippen MR) is 42.8 cm³/mol. The highest BCUT2D eigenvalue weighted by Gasteiger charge is 2.03. The monoisotopic (exact) mass is 159 g/mol. The van der Waals surface area contributed by atoms with Crippen molar-refractivity contribution < 1.29 is 4.42 Å². The largest absolute Gasteiger partial charge is 0.441 e. The number of hydrogen-bond acceptors (Lipinski definition) is 3. The van der Waals surface area contributed by atoms with E-state index < -0.39 is 0 Å². The summed E-state index contributed by atoms with van der Waals surface area (Å²) in [6.45, 7) is 0. The van der Waals surface area contributed by atoms with Crippen LogP contribution in [0.15, 0.2) is 35.3 Å². The SMILES string of the molecule is c1cc2c3ocnc3ccn2n1. The van der Waals surface area contributed by atoms with E-state index in [1.807, 2.05) is 18.3 Å². The number of rotatable bonds is 0. The van der Waals surface area contributed by atoms with Crippen LogP contribution in [-0.4, -0.2) is 14.6 Å². The van der Waals surface area contributed by atoms with Crippen LogP contribution < -0.4 is 0 Å². The molecule has 3 heterocycles. The molecule has 0 unspecified atom stereocenters. The van der Waals surface area contributed by atoms with Gasteiger partial charge in [-0.15, -0.1) is 0 Å². The summed E-state index contributed by atoms with van der Waals surface area (Å²) in [4.78, 5) is 4.04. The zero-order chi connectivity index (χ0) is 7.97. The lowest BCUT2D eigenvalue weighted by atomic mass is 10.3. The van der Waals surface area contributed by atoms with Crippen LogP contribution in [0.5, 0.6) is 0 Å². The van der Waals surface area contributed by atoms with Gasteiger partial charge in [-0.05, 0) is 12.1 Å². The smallest absolute Gasteiger partial charge is 0.182 e. The van der Waals surface area contributed by atoms with Gasteiger partial charge in [0.15, 0.2) is 12.0 Å². The molecule has 0 aliphatic carbocycles. The summed E-state index contributed by atoms with van der Waals surface area (Å²) >= 11 is 0. The Morgan fingerprint density at radius 2 is 2.33 bits per heavy atom. The van der Waals surface area contributed by atoms with Gasteiger partial charge in [-0.1, -0.05) is 0 Å². The van der Waals surface area contributed by atoms with Crippen molar-refractivity contribution in [3.63, 3.8) is 0 Å². The number of aromatic nitrogens is 3. The number of oxazole rings is 1. The summed E-state index contributed by atoms with van der Waals surface area (Å²) in [5, 5.41) is 4.08. The third kappa shape index (κ3) is 0.567. The molecule has 3 aromatic heterocycles. The van der Waals surface area contributed by atoms with Crippen molar-refractivity contribution in [2.75, 3.05) is 0 Å². The molecule has 12 heavy (non-hydrogen) atoms. The molecule has 0 aliphatic rings. The molecule has 0 aliphatic heterocycles. The first kappa shape index (κ1) is 5.77. The standard InChI is InChI=1S/C8H5N3O/c1-3-10-11-4-2-6-8(7(1)11)12-5-9-6/h1-5H. The Bertz CT molecular complexity index is 487. The summed E-state index contributed by atoms with van der Waals surface area (Å²) in [5.74, 6) is 0. The van der Waals surface area contributed by atoms with Crippen molar-refractivity contribution in [2.45, 2.75) is 0 Å². The third-order valence-corrected chi connectivity index (χ3v) is 1.87. The van der Waals surface area contributed by atoms with E-state index in [0.717, 1.165) is 16.6 Å². The Hall–Kier alpha value is -1.84. The predicted octanol–water partition coefficient (Wildman–Crippen LogP) is 1.48. The van der Waals surface area contributed by atoms with Crippen LogP contribution in [0.25, 0.3) is 16.6 Å². The van der Waals surface area contributed by atoms with Gasteiger partial charge in [0.25, 0.3) is 0 Å². The molecule has 0 bridgehead atoms. The van der Waals surface area contributed by atoms with E-state index in [4.69, 9.17) is 4.42 Å². The van der Waals surface area contributed by atoms with Gasteiger partial charge in [0.1, 0.15) is 11.0 Å².